The molecule has 3 saturated heterocycles. The molecule has 6 heterocycles. The molecule has 2 N–H and O–H groups in total. The minimum atomic E-state index is -3.19. The molecule has 194 valence electrons. The minimum absolute atomic E-state index is 0.215. The second-order valence-electron chi connectivity index (χ2n) is 9.59. The van der Waals surface area contributed by atoms with E-state index < -0.39 is 11.7 Å². The van der Waals surface area contributed by atoms with Gasteiger partial charge < -0.3 is 15.4 Å². The number of ether oxygens (including phenoxy) is 1. The summed E-state index contributed by atoms with van der Waals surface area (Å²) in [6.45, 7) is 6.64. The lowest BCUT2D eigenvalue weighted by Crippen LogP contribution is -2.56. The highest BCUT2D eigenvalue weighted by atomic mass is 19.3. The largest absolute Gasteiger partial charge is 0.372 e. The van der Waals surface area contributed by atoms with Gasteiger partial charge >= 0.3 is 5.92 Å². The van der Waals surface area contributed by atoms with Gasteiger partial charge in [-0.3, -0.25) is 14.7 Å². The Morgan fingerprint density at radius 1 is 1.14 bits per heavy atom. The summed E-state index contributed by atoms with van der Waals surface area (Å²) in [5, 5.41) is 5.77. The van der Waals surface area contributed by atoms with E-state index in [2.05, 4.69) is 35.5 Å². The number of carbonyl (C=O) groups is 1. The van der Waals surface area contributed by atoms with Crippen LogP contribution in [-0.2, 0) is 28.4 Å². The van der Waals surface area contributed by atoms with Crippen LogP contribution in [0.15, 0.2) is 36.7 Å². The van der Waals surface area contributed by atoms with Crippen LogP contribution in [-0.4, -0.2) is 56.0 Å². The Hall–Kier alpha value is -3.57. The molecule has 3 aliphatic rings. The molecule has 0 unspecified atom stereocenters. The van der Waals surface area contributed by atoms with Gasteiger partial charge in [-0.15, -0.1) is 0 Å². The van der Waals surface area contributed by atoms with Gasteiger partial charge in [0.05, 0.1) is 23.6 Å². The van der Waals surface area contributed by atoms with Crippen molar-refractivity contribution in [3.63, 3.8) is 0 Å². The van der Waals surface area contributed by atoms with Gasteiger partial charge in [-0.25, -0.2) is 15.0 Å². The third-order valence-corrected chi connectivity index (χ3v) is 6.35. The molecule has 0 spiro atoms. The number of aromatic nitrogens is 4. The molecule has 11 heteroatoms. The first-order chi connectivity index (χ1) is 17.7. The van der Waals surface area contributed by atoms with Crippen molar-refractivity contribution in [3.05, 3.63) is 53.7 Å². The zero-order chi connectivity index (χ0) is 26.2. The number of nitrogens with zero attached hydrogens (tertiary/aromatic N) is 5. The number of fused-ring (bicyclic) bond motifs is 2. The number of pyridine rings is 2. The van der Waals surface area contributed by atoms with E-state index in [1.165, 1.54) is 6.92 Å². The Kier molecular flexibility index (Phi) is 6.82. The summed E-state index contributed by atoms with van der Waals surface area (Å²) in [7, 11) is 0. The fraction of sp³-hybridized carbons (Fsp3) is 0.423. The van der Waals surface area contributed by atoms with Crippen LogP contribution in [0.3, 0.4) is 0 Å². The molecule has 2 bridgehead atoms. The van der Waals surface area contributed by atoms with Gasteiger partial charge in [-0.1, -0.05) is 13.0 Å². The van der Waals surface area contributed by atoms with E-state index in [0.717, 1.165) is 38.5 Å². The summed E-state index contributed by atoms with van der Waals surface area (Å²) >= 11 is 0. The highest BCUT2D eigenvalue weighted by Gasteiger charge is 2.38. The number of anilines is 3. The molecule has 3 aromatic rings. The Bertz CT molecular complexity index is 1280. The van der Waals surface area contributed by atoms with E-state index >= 15 is 0 Å². The Morgan fingerprint density at radius 3 is 2.51 bits per heavy atom. The minimum Gasteiger partial charge on any atom is -0.372 e. The smallest absolute Gasteiger partial charge is 0.303 e. The average molecular weight is 510 g/mol. The highest BCUT2D eigenvalue weighted by molar-refractivity contribution is 5.89. The molecule has 0 saturated carbocycles. The molecular formula is C26H29F2N7O2. The first kappa shape index (κ1) is 25.1. The van der Waals surface area contributed by atoms with E-state index in [-0.39, 0.29) is 11.7 Å². The molecule has 0 radical (unpaired) electrons. The van der Waals surface area contributed by atoms with Gasteiger partial charge in [-0.2, -0.15) is 8.78 Å². The van der Waals surface area contributed by atoms with E-state index in [1.54, 1.807) is 18.3 Å². The lowest BCUT2D eigenvalue weighted by atomic mass is 9.98. The maximum Gasteiger partial charge on any atom is 0.303 e. The molecule has 0 aromatic carbocycles. The van der Waals surface area contributed by atoms with Gasteiger partial charge in [0.1, 0.15) is 11.6 Å². The quantitative estimate of drug-likeness (QED) is 0.464. The van der Waals surface area contributed by atoms with Crippen molar-refractivity contribution in [3.8, 4) is 11.3 Å². The maximum absolute atomic E-state index is 14.0. The summed E-state index contributed by atoms with van der Waals surface area (Å²) in [4.78, 5) is 31.0. The fourth-order valence-electron chi connectivity index (χ4n) is 4.59. The van der Waals surface area contributed by atoms with Gasteiger partial charge in [0.25, 0.3) is 0 Å². The fourth-order valence-corrected chi connectivity index (χ4v) is 4.59. The number of amides is 1. The summed E-state index contributed by atoms with van der Waals surface area (Å²) in [6, 6.07) is 7.18. The number of morpholine rings is 1. The lowest BCUT2D eigenvalue weighted by molar-refractivity contribution is -0.182. The van der Waals surface area contributed by atoms with Crippen molar-refractivity contribution in [2.24, 2.45) is 0 Å². The topological polar surface area (TPSA) is 105 Å². The molecule has 3 fully saturated rings. The number of aryl methyl sites for hydroxylation is 1. The number of nitrogens with one attached hydrogen (secondary N) is 2. The van der Waals surface area contributed by atoms with Crippen LogP contribution >= 0.6 is 0 Å². The molecule has 1 amide bonds. The zero-order valence-corrected chi connectivity index (χ0v) is 21.0. The van der Waals surface area contributed by atoms with Crippen LogP contribution in [0.4, 0.5) is 26.1 Å². The molecule has 3 aliphatic heterocycles. The maximum atomic E-state index is 14.0. The molecule has 37 heavy (non-hydrogen) atoms. The Balaban J connectivity index is 1.43. The van der Waals surface area contributed by atoms with Gasteiger partial charge in [0.2, 0.25) is 11.7 Å². The van der Waals surface area contributed by atoms with Gasteiger partial charge in [0, 0.05) is 75.7 Å². The van der Waals surface area contributed by atoms with Crippen molar-refractivity contribution in [2.45, 2.75) is 58.3 Å². The summed E-state index contributed by atoms with van der Waals surface area (Å²) in [5.41, 5.74) is 3.35. The van der Waals surface area contributed by atoms with Gasteiger partial charge in [0.15, 0.2) is 0 Å². The van der Waals surface area contributed by atoms with Crippen LogP contribution in [0.25, 0.3) is 11.3 Å². The standard InChI is InChI=1S/C26H29F2N7O2/c1-4-17-7-24(34-25(32-17)26(3,27)28)33-22-9-23(31-15(2)36)30-11-20(22)21-6-5-16(10-29-21)12-35-13-18-8-19(14-35)37-18/h5-7,9-11,18-19H,4,8,12-14H2,1-3H3,(H2,30,31,32,33,34,36)/t18-,19+. The molecule has 2 atom stereocenters. The van der Waals surface area contributed by atoms with E-state index in [0.29, 0.717) is 47.1 Å². The van der Waals surface area contributed by atoms with Crippen molar-refractivity contribution >= 4 is 23.2 Å². The number of carbonyl (C=O) groups excluding carboxylic acids is 1. The van der Waals surface area contributed by atoms with Crippen LogP contribution in [0.5, 0.6) is 0 Å². The van der Waals surface area contributed by atoms with E-state index in [4.69, 9.17) is 4.74 Å². The second kappa shape index (κ2) is 10.1. The van der Waals surface area contributed by atoms with Crippen molar-refractivity contribution in [2.75, 3.05) is 23.7 Å². The van der Waals surface area contributed by atoms with Crippen LogP contribution in [0, 0.1) is 0 Å². The number of halogens is 2. The van der Waals surface area contributed by atoms with E-state index in [9.17, 15) is 13.6 Å². The number of hydrogen-bond donors (Lipinski definition) is 2. The Morgan fingerprint density at radius 2 is 1.89 bits per heavy atom. The summed E-state index contributed by atoms with van der Waals surface area (Å²) in [6.07, 6.45) is 5.72. The predicted octanol–water partition coefficient (Wildman–Crippen LogP) is 4.28. The highest BCUT2D eigenvalue weighted by Crippen LogP contribution is 2.33. The Labute approximate surface area is 213 Å². The monoisotopic (exact) mass is 509 g/mol. The van der Waals surface area contributed by atoms with Gasteiger partial charge in [-0.05, 0) is 18.1 Å². The predicted molar refractivity (Wildman–Crippen MR) is 135 cm³/mol. The molecule has 0 aliphatic carbocycles. The van der Waals surface area contributed by atoms with Crippen molar-refractivity contribution in [1.29, 1.82) is 0 Å². The lowest BCUT2D eigenvalue weighted by Gasteiger charge is -2.47. The summed E-state index contributed by atoms with van der Waals surface area (Å²) < 4.78 is 33.8. The molecule has 9 nitrogen and oxygen atoms in total. The molecular weight excluding hydrogens is 480 g/mol. The molecule has 6 rings (SSSR count). The molecule has 3 aromatic heterocycles. The van der Waals surface area contributed by atoms with Crippen LogP contribution < -0.4 is 10.6 Å². The summed E-state index contributed by atoms with van der Waals surface area (Å²) in [5.74, 6) is -3.50. The van der Waals surface area contributed by atoms with Crippen molar-refractivity contribution in [1.82, 2.24) is 24.8 Å². The SMILES string of the molecule is CCc1cc(Nc2cc(NC(C)=O)ncc2-c2ccc(CN3C[C@H]4C[C@@H](C3)O4)cn2)nc(C(C)(F)F)n1. The first-order valence-corrected chi connectivity index (χ1v) is 12.3. The third kappa shape index (κ3) is 5.89. The normalized spacial score (nSPS) is 19.3. The number of hydrogen-bond acceptors (Lipinski definition) is 8. The number of alkyl halides is 2. The van der Waals surface area contributed by atoms with Crippen LogP contribution in [0.2, 0.25) is 0 Å². The number of rotatable bonds is 8. The average Bonchev–Trinajstić information content (AvgIpc) is 2.83. The zero-order valence-electron chi connectivity index (χ0n) is 21.0. The van der Waals surface area contributed by atoms with Crippen LogP contribution in [0.1, 0.15) is 44.3 Å². The second-order valence-corrected chi connectivity index (χ2v) is 9.59. The third-order valence-electron chi connectivity index (χ3n) is 6.35. The first-order valence-electron chi connectivity index (χ1n) is 12.3. The number of piperidine rings is 1. The van der Waals surface area contributed by atoms with Crippen molar-refractivity contribution < 1.29 is 18.3 Å². The van der Waals surface area contributed by atoms with E-state index in [1.807, 2.05) is 25.3 Å².